The van der Waals surface area contributed by atoms with Crippen molar-refractivity contribution in [3.8, 4) is 11.5 Å². The van der Waals surface area contributed by atoms with Crippen LogP contribution in [0.5, 0.6) is 11.5 Å². The molecule has 4 atom stereocenters. The van der Waals surface area contributed by atoms with Gasteiger partial charge in [-0.1, -0.05) is 0 Å². The summed E-state index contributed by atoms with van der Waals surface area (Å²) >= 11 is 0. The summed E-state index contributed by atoms with van der Waals surface area (Å²) in [7, 11) is 1.51. The second-order valence-electron chi connectivity index (χ2n) is 6.52. The number of anilines is 1. The zero-order chi connectivity index (χ0) is 18.1. The molecule has 5 N–H and O–H groups in total. The third kappa shape index (κ3) is 1.78. The Hall–Kier alpha value is -2.59. The van der Waals surface area contributed by atoms with Crippen LogP contribution in [-0.2, 0) is 9.47 Å². The first-order chi connectivity index (χ1) is 11.9. The summed E-state index contributed by atoms with van der Waals surface area (Å²) in [6, 6.07) is 0.0908. The number of ether oxygens (including phenoxy) is 2. The number of aromatic hydroxyl groups is 2. The topological polar surface area (TPSA) is 157 Å². The maximum absolute atomic E-state index is 11.2. The molecular formula is C15H18N4O6. The summed E-state index contributed by atoms with van der Waals surface area (Å²) in [5, 5.41) is 27.4. The van der Waals surface area contributed by atoms with Gasteiger partial charge in [0.05, 0.1) is 17.6 Å². The predicted octanol–water partition coefficient (Wildman–Crippen LogP) is 0.500. The van der Waals surface area contributed by atoms with Gasteiger partial charge in [0.2, 0.25) is 0 Å². The maximum Gasteiger partial charge on any atom is 0.404 e. The van der Waals surface area contributed by atoms with Crippen LogP contribution in [0.4, 0.5) is 16.2 Å². The minimum Gasteiger partial charge on any atom is -0.505 e. The fourth-order valence-electron chi connectivity index (χ4n) is 4.42. The van der Waals surface area contributed by atoms with Crippen molar-refractivity contribution in [2.24, 2.45) is 10.9 Å². The molecule has 0 aromatic heterocycles. The normalized spacial score (nSPS) is 31.3. The van der Waals surface area contributed by atoms with Gasteiger partial charge in [-0.25, -0.2) is 4.79 Å². The Kier molecular flexibility index (Phi) is 3.16. The number of primary amides is 1. The number of phenols is 2. The number of nitroso groups, excluding NO2 is 1. The molecule has 1 aromatic carbocycles. The number of methoxy groups -OCH3 is 1. The number of fused-ring (bicyclic) bond motifs is 5. The van der Waals surface area contributed by atoms with E-state index in [1.54, 1.807) is 0 Å². The zero-order valence-electron chi connectivity index (χ0n) is 13.6. The maximum atomic E-state index is 11.2. The summed E-state index contributed by atoms with van der Waals surface area (Å²) in [6.45, 7) is 1.87. The highest BCUT2D eigenvalue weighted by Gasteiger charge is 2.71. The number of piperazine rings is 1. The van der Waals surface area contributed by atoms with Crippen molar-refractivity contribution < 1.29 is 24.5 Å². The number of hydrogen-bond acceptors (Lipinski definition) is 9. The fraction of sp³-hybridized carbons (Fsp3) is 0.533. The molecule has 1 amide bonds. The number of phenolic OH excluding ortho intramolecular Hbond substituents is 2. The summed E-state index contributed by atoms with van der Waals surface area (Å²) in [4.78, 5) is 24.1. The number of nitrogens with one attached hydrogen (secondary N) is 1. The molecule has 3 aliphatic rings. The Labute approximate surface area is 142 Å². The largest absolute Gasteiger partial charge is 0.505 e. The number of carbonyl (C=O) groups excluding carboxylic acids is 1. The molecule has 1 aromatic rings. The van der Waals surface area contributed by atoms with Gasteiger partial charge in [-0.2, -0.15) is 0 Å². The minimum atomic E-state index is -0.967. The van der Waals surface area contributed by atoms with E-state index < -0.39 is 17.7 Å². The van der Waals surface area contributed by atoms with Crippen molar-refractivity contribution >= 4 is 17.5 Å². The number of hydrogen-bond donors (Lipinski definition) is 4. The standard InChI is InChI=1S/C15H18N4O6/c1-5-9(18-23)12(21)8-6(4-25-14(16)22)15(24-2)13-7(17-13)3-19(15)10(8)11(5)20/h6-7,13,17,20-21H,3-4H2,1-2H3,(H2,16,22)/t6-,7+,13+,15-/m1/s1. The molecule has 0 spiro atoms. The van der Waals surface area contributed by atoms with Crippen molar-refractivity contribution in [1.29, 1.82) is 0 Å². The number of nitrogens with two attached hydrogens (primary N) is 1. The summed E-state index contributed by atoms with van der Waals surface area (Å²) in [6.07, 6.45) is -0.964. The van der Waals surface area contributed by atoms with Gasteiger partial charge in [-0.15, -0.1) is 4.91 Å². The van der Waals surface area contributed by atoms with E-state index in [2.05, 4.69) is 10.5 Å². The average molecular weight is 350 g/mol. The molecule has 10 heteroatoms. The molecule has 0 unspecified atom stereocenters. The van der Waals surface area contributed by atoms with Crippen LogP contribution in [0.2, 0.25) is 0 Å². The monoisotopic (exact) mass is 350 g/mol. The van der Waals surface area contributed by atoms with E-state index in [9.17, 15) is 19.9 Å². The molecule has 3 aliphatic heterocycles. The van der Waals surface area contributed by atoms with Gasteiger partial charge in [0.15, 0.2) is 17.2 Å². The highest BCUT2D eigenvalue weighted by Crippen LogP contribution is 2.63. The lowest BCUT2D eigenvalue weighted by Crippen LogP contribution is -2.54. The zero-order valence-corrected chi connectivity index (χ0v) is 13.6. The Bertz CT molecular complexity index is 799. The molecule has 0 aliphatic carbocycles. The summed E-state index contributed by atoms with van der Waals surface area (Å²) in [5.74, 6) is -1.15. The third-order valence-corrected chi connectivity index (χ3v) is 5.53. The molecule has 10 nitrogen and oxygen atoms in total. The van der Waals surface area contributed by atoms with Gasteiger partial charge < -0.3 is 35.6 Å². The highest BCUT2D eigenvalue weighted by molar-refractivity contribution is 5.84. The fourth-order valence-corrected chi connectivity index (χ4v) is 4.42. The second-order valence-corrected chi connectivity index (χ2v) is 6.52. The lowest BCUT2D eigenvalue weighted by Gasteiger charge is -2.38. The SMILES string of the molecule is CO[C@@]12[C@H](COC(N)=O)c3c(O)c(N=O)c(C)c(O)c3N1C[C@@H]1N[C@@H]12. The van der Waals surface area contributed by atoms with Gasteiger partial charge in [0.25, 0.3) is 0 Å². The number of benzene rings is 1. The molecule has 4 rings (SSSR count). The summed E-state index contributed by atoms with van der Waals surface area (Å²) < 4.78 is 10.8. The third-order valence-electron chi connectivity index (χ3n) is 5.53. The smallest absolute Gasteiger partial charge is 0.404 e. The molecule has 0 saturated carbocycles. The Balaban J connectivity index is 1.95. The Morgan fingerprint density at radius 3 is 2.80 bits per heavy atom. The van der Waals surface area contributed by atoms with Gasteiger partial charge in [0, 0.05) is 30.8 Å². The van der Waals surface area contributed by atoms with Crippen LogP contribution >= 0.6 is 0 Å². The van der Waals surface area contributed by atoms with Crippen LogP contribution in [0, 0.1) is 11.8 Å². The number of carbonyl (C=O) groups is 1. The van der Waals surface area contributed by atoms with Crippen molar-refractivity contribution in [3.05, 3.63) is 16.0 Å². The number of amides is 1. The lowest BCUT2D eigenvalue weighted by molar-refractivity contribution is -0.0337. The van der Waals surface area contributed by atoms with E-state index in [0.29, 0.717) is 12.2 Å². The van der Waals surface area contributed by atoms with Crippen molar-refractivity contribution in [3.63, 3.8) is 0 Å². The first-order valence-electron chi connectivity index (χ1n) is 7.81. The van der Waals surface area contributed by atoms with Crippen LogP contribution in [0.15, 0.2) is 5.18 Å². The minimum absolute atomic E-state index is 0.0712. The van der Waals surface area contributed by atoms with Gasteiger partial charge in [-0.3, -0.25) is 0 Å². The van der Waals surface area contributed by atoms with E-state index in [-0.39, 0.29) is 47.0 Å². The van der Waals surface area contributed by atoms with Crippen molar-refractivity contribution in [1.82, 2.24) is 5.32 Å². The van der Waals surface area contributed by atoms with E-state index >= 15 is 0 Å². The quantitative estimate of drug-likeness (QED) is 0.347. The molecule has 134 valence electrons. The van der Waals surface area contributed by atoms with E-state index in [1.807, 2.05) is 4.90 Å². The van der Waals surface area contributed by atoms with Crippen LogP contribution in [0.3, 0.4) is 0 Å². The van der Waals surface area contributed by atoms with Gasteiger partial charge in [0.1, 0.15) is 12.4 Å². The number of nitrogens with zero attached hydrogens (tertiary/aromatic N) is 2. The first kappa shape index (κ1) is 15.9. The number of rotatable bonds is 4. The van der Waals surface area contributed by atoms with Gasteiger partial charge >= 0.3 is 6.09 Å². The van der Waals surface area contributed by atoms with Crippen LogP contribution in [0.1, 0.15) is 17.0 Å². The first-order valence-corrected chi connectivity index (χ1v) is 7.81. The second kappa shape index (κ2) is 4.96. The van der Waals surface area contributed by atoms with Crippen LogP contribution in [-0.4, -0.2) is 54.4 Å². The molecular weight excluding hydrogens is 332 g/mol. The Morgan fingerprint density at radius 2 is 2.20 bits per heavy atom. The summed E-state index contributed by atoms with van der Waals surface area (Å²) in [5.41, 5.74) is 4.71. The predicted molar refractivity (Wildman–Crippen MR) is 86.0 cm³/mol. The van der Waals surface area contributed by atoms with E-state index in [0.717, 1.165) is 0 Å². The molecule has 0 radical (unpaired) electrons. The van der Waals surface area contributed by atoms with Crippen LogP contribution in [0.25, 0.3) is 0 Å². The van der Waals surface area contributed by atoms with E-state index in [1.165, 1.54) is 14.0 Å². The molecule has 3 heterocycles. The molecule has 0 bridgehead atoms. The highest BCUT2D eigenvalue weighted by atomic mass is 16.6. The molecule has 25 heavy (non-hydrogen) atoms. The molecule has 2 saturated heterocycles. The Morgan fingerprint density at radius 1 is 1.48 bits per heavy atom. The van der Waals surface area contributed by atoms with E-state index in [4.69, 9.17) is 15.2 Å². The van der Waals surface area contributed by atoms with Crippen molar-refractivity contribution in [2.45, 2.75) is 30.7 Å². The van der Waals surface area contributed by atoms with Crippen LogP contribution < -0.4 is 16.0 Å². The van der Waals surface area contributed by atoms with Crippen molar-refractivity contribution in [2.75, 3.05) is 25.2 Å². The average Bonchev–Trinajstić information content (AvgIpc) is 3.18. The lowest BCUT2D eigenvalue weighted by atomic mass is 9.88. The van der Waals surface area contributed by atoms with Gasteiger partial charge in [-0.05, 0) is 12.1 Å². The molecule has 2 fully saturated rings.